The molecule has 142 valence electrons. The van der Waals surface area contributed by atoms with Crippen LogP contribution in [-0.2, 0) is 23.7 Å². The summed E-state index contributed by atoms with van der Waals surface area (Å²) in [4.78, 5) is 10.2. The molecule has 0 bridgehead atoms. The summed E-state index contributed by atoms with van der Waals surface area (Å²) in [5.41, 5.74) is 6.29. The molecule has 0 unspecified atom stereocenters. The van der Waals surface area contributed by atoms with Crippen molar-refractivity contribution in [3.05, 3.63) is 24.3 Å². The molecule has 0 aliphatic carbocycles. The van der Waals surface area contributed by atoms with Gasteiger partial charge in [-0.2, -0.15) is 0 Å². The van der Waals surface area contributed by atoms with Crippen LogP contribution in [0, 0.1) is 0 Å². The molecule has 0 aliphatic rings. The minimum Gasteiger partial charge on any atom is -0.491 e. The largest absolute Gasteiger partial charge is 0.491 e. The van der Waals surface area contributed by atoms with Gasteiger partial charge in [-0.3, -0.25) is 4.79 Å². The fourth-order valence-corrected chi connectivity index (χ4v) is 1.70. The van der Waals surface area contributed by atoms with Gasteiger partial charge in [-0.1, -0.05) is 0 Å². The van der Waals surface area contributed by atoms with E-state index in [9.17, 15) is 4.79 Å². The number of carboxylic acid groups (broad SMARTS) is 1. The lowest BCUT2D eigenvalue weighted by molar-refractivity contribution is -0.138. The highest BCUT2D eigenvalue weighted by Crippen LogP contribution is 2.12. The molecule has 1 aromatic rings. The number of hydrogen-bond acceptors (Lipinski definition) is 7. The number of nitrogen functional groups attached to an aromatic ring is 1. The number of anilines is 1. The summed E-state index contributed by atoms with van der Waals surface area (Å²) in [5.74, 6) is -0.105. The van der Waals surface area contributed by atoms with Crippen LogP contribution in [0.2, 0.25) is 0 Å². The average Bonchev–Trinajstić information content (AvgIpc) is 2.59. The molecule has 0 amide bonds. The molecule has 0 saturated heterocycles. The Bertz CT molecular complexity index is 453. The highest BCUT2D eigenvalue weighted by molar-refractivity contribution is 5.66. The molecular weight excluding hydrogens is 330 g/mol. The van der Waals surface area contributed by atoms with Crippen LogP contribution in [0.5, 0.6) is 5.75 Å². The Kier molecular flexibility index (Phi) is 12.3. The first-order valence-corrected chi connectivity index (χ1v) is 8.19. The number of nitrogens with two attached hydrogens (primary N) is 1. The first-order chi connectivity index (χ1) is 12.2. The van der Waals surface area contributed by atoms with Crippen molar-refractivity contribution in [2.75, 3.05) is 65.2 Å². The number of aliphatic carboxylic acids is 1. The molecule has 0 saturated carbocycles. The van der Waals surface area contributed by atoms with Crippen molar-refractivity contribution >= 4 is 11.7 Å². The van der Waals surface area contributed by atoms with Crippen LogP contribution >= 0.6 is 0 Å². The number of carbonyl (C=O) groups is 1. The Morgan fingerprint density at radius 3 is 1.68 bits per heavy atom. The number of benzene rings is 1. The van der Waals surface area contributed by atoms with Crippen molar-refractivity contribution in [3.8, 4) is 5.75 Å². The molecule has 8 nitrogen and oxygen atoms in total. The lowest BCUT2D eigenvalue weighted by Gasteiger charge is -2.08. The van der Waals surface area contributed by atoms with Crippen LogP contribution in [0.15, 0.2) is 24.3 Å². The summed E-state index contributed by atoms with van der Waals surface area (Å²) in [6.45, 7) is 3.86. The molecule has 0 aliphatic heterocycles. The summed E-state index contributed by atoms with van der Waals surface area (Å²) in [6, 6.07) is 7.20. The zero-order valence-electron chi connectivity index (χ0n) is 14.4. The SMILES string of the molecule is Nc1ccc(OCCOCCOCCOCCOCCC(=O)O)cc1. The van der Waals surface area contributed by atoms with E-state index in [1.54, 1.807) is 12.1 Å². The molecule has 0 fully saturated rings. The van der Waals surface area contributed by atoms with Gasteiger partial charge in [-0.25, -0.2) is 0 Å². The Labute approximate surface area is 147 Å². The summed E-state index contributed by atoms with van der Waals surface area (Å²) in [7, 11) is 0. The zero-order chi connectivity index (χ0) is 18.2. The average molecular weight is 357 g/mol. The van der Waals surface area contributed by atoms with Gasteiger partial charge >= 0.3 is 5.97 Å². The zero-order valence-corrected chi connectivity index (χ0v) is 14.4. The van der Waals surface area contributed by atoms with Crippen molar-refractivity contribution in [2.45, 2.75) is 6.42 Å². The second-order valence-corrected chi connectivity index (χ2v) is 5.01. The van der Waals surface area contributed by atoms with E-state index >= 15 is 0 Å². The molecule has 0 radical (unpaired) electrons. The van der Waals surface area contributed by atoms with Gasteiger partial charge in [0.15, 0.2) is 0 Å². The highest BCUT2D eigenvalue weighted by Gasteiger charge is 1.97. The lowest BCUT2D eigenvalue weighted by Crippen LogP contribution is -2.14. The van der Waals surface area contributed by atoms with Crippen LogP contribution in [0.25, 0.3) is 0 Å². The van der Waals surface area contributed by atoms with E-state index in [1.165, 1.54) is 0 Å². The van der Waals surface area contributed by atoms with Gasteiger partial charge in [0, 0.05) is 5.69 Å². The summed E-state index contributed by atoms with van der Waals surface area (Å²) >= 11 is 0. The Morgan fingerprint density at radius 2 is 1.20 bits per heavy atom. The van der Waals surface area contributed by atoms with Crippen LogP contribution in [0.3, 0.4) is 0 Å². The molecule has 3 N–H and O–H groups in total. The standard InChI is InChI=1S/C17H27NO7/c18-15-1-3-16(4-2-15)25-14-13-24-12-11-23-10-9-22-8-7-21-6-5-17(19)20/h1-4H,5-14,18H2,(H,19,20). The van der Waals surface area contributed by atoms with Gasteiger partial charge in [0.1, 0.15) is 12.4 Å². The van der Waals surface area contributed by atoms with E-state index in [0.717, 1.165) is 5.75 Å². The van der Waals surface area contributed by atoms with E-state index in [-0.39, 0.29) is 13.0 Å². The molecule has 25 heavy (non-hydrogen) atoms. The van der Waals surface area contributed by atoms with Gasteiger partial charge in [0.2, 0.25) is 0 Å². The third kappa shape index (κ3) is 13.1. The molecule has 0 atom stereocenters. The van der Waals surface area contributed by atoms with Crippen LogP contribution in [0.4, 0.5) is 5.69 Å². The fraction of sp³-hybridized carbons (Fsp3) is 0.588. The van der Waals surface area contributed by atoms with Gasteiger partial charge in [0.05, 0.1) is 59.3 Å². The van der Waals surface area contributed by atoms with E-state index < -0.39 is 5.97 Å². The predicted molar refractivity (Wildman–Crippen MR) is 91.9 cm³/mol. The Balaban J connectivity index is 1.76. The molecule has 0 aromatic heterocycles. The van der Waals surface area contributed by atoms with Gasteiger partial charge in [0.25, 0.3) is 0 Å². The van der Waals surface area contributed by atoms with Crippen molar-refractivity contribution < 1.29 is 33.6 Å². The van der Waals surface area contributed by atoms with Crippen molar-refractivity contribution in [1.82, 2.24) is 0 Å². The molecule has 0 spiro atoms. The maximum Gasteiger partial charge on any atom is 0.305 e. The maximum atomic E-state index is 10.2. The molecule has 1 rings (SSSR count). The monoisotopic (exact) mass is 357 g/mol. The van der Waals surface area contributed by atoms with Crippen molar-refractivity contribution in [3.63, 3.8) is 0 Å². The second-order valence-electron chi connectivity index (χ2n) is 5.01. The van der Waals surface area contributed by atoms with E-state index in [2.05, 4.69) is 0 Å². The molecule has 0 heterocycles. The summed E-state index contributed by atoms with van der Waals surface area (Å²) < 4.78 is 26.6. The summed E-state index contributed by atoms with van der Waals surface area (Å²) in [6.07, 6.45) is 0.00807. The van der Waals surface area contributed by atoms with Gasteiger partial charge in [-0.15, -0.1) is 0 Å². The van der Waals surface area contributed by atoms with Crippen LogP contribution in [-0.4, -0.2) is 70.5 Å². The summed E-state index contributed by atoms with van der Waals surface area (Å²) in [5, 5.41) is 8.42. The molecular formula is C17H27NO7. The maximum absolute atomic E-state index is 10.2. The topological polar surface area (TPSA) is 109 Å². The number of hydrogen-bond donors (Lipinski definition) is 2. The smallest absolute Gasteiger partial charge is 0.305 e. The first kappa shape index (κ1) is 21.2. The van der Waals surface area contributed by atoms with Crippen molar-refractivity contribution in [2.24, 2.45) is 0 Å². The Hall–Kier alpha value is -1.87. The predicted octanol–water partition coefficient (Wildman–Crippen LogP) is 1.19. The van der Waals surface area contributed by atoms with E-state index in [1.807, 2.05) is 12.1 Å². The quantitative estimate of drug-likeness (QED) is 0.335. The van der Waals surface area contributed by atoms with Crippen LogP contribution in [0.1, 0.15) is 6.42 Å². The second kappa shape index (κ2) is 14.5. The normalized spacial score (nSPS) is 10.7. The van der Waals surface area contributed by atoms with E-state index in [0.29, 0.717) is 58.5 Å². The highest BCUT2D eigenvalue weighted by atomic mass is 16.6. The van der Waals surface area contributed by atoms with Crippen molar-refractivity contribution in [1.29, 1.82) is 0 Å². The molecule has 8 heteroatoms. The minimum absolute atomic E-state index is 0.00807. The van der Waals surface area contributed by atoms with Gasteiger partial charge in [-0.05, 0) is 24.3 Å². The Morgan fingerprint density at radius 1 is 0.760 bits per heavy atom. The third-order valence-electron chi connectivity index (χ3n) is 2.95. The molecule has 1 aromatic carbocycles. The lowest BCUT2D eigenvalue weighted by atomic mass is 10.3. The van der Waals surface area contributed by atoms with E-state index in [4.69, 9.17) is 34.5 Å². The first-order valence-electron chi connectivity index (χ1n) is 8.19. The number of ether oxygens (including phenoxy) is 5. The van der Waals surface area contributed by atoms with Gasteiger partial charge < -0.3 is 34.5 Å². The fourth-order valence-electron chi connectivity index (χ4n) is 1.70. The minimum atomic E-state index is -0.867. The third-order valence-corrected chi connectivity index (χ3v) is 2.95. The number of carboxylic acids is 1. The number of rotatable bonds is 16. The van der Waals surface area contributed by atoms with Crippen LogP contribution < -0.4 is 10.5 Å².